The monoisotopic (exact) mass is 501 g/mol. The molecule has 0 bridgehead atoms. The van der Waals surface area contributed by atoms with Crippen molar-refractivity contribution in [3.05, 3.63) is 81.6 Å². The van der Waals surface area contributed by atoms with Crippen LogP contribution in [0.5, 0.6) is 5.75 Å². The topological polar surface area (TPSA) is 73.3 Å². The highest BCUT2D eigenvalue weighted by atomic mass is 32.1. The molecule has 36 heavy (non-hydrogen) atoms. The number of anilines is 2. The van der Waals surface area contributed by atoms with Gasteiger partial charge in [-0.2, -0.15) is 0 Å². The maximum Gasteiger partial charge on any atom is 0.300 e. The molecule has 184 valence electrons. The molecule has 0 saturated carbocycles. The van der Waals surface area contributed by atoms with Crippen LogP contribution in [-0.4, -0.2) is 61.5 Å². The van der Waals surface area contributed by atoms with Crippen LogP contribution in [0, 0.1) is 0 Å². The number of amides is 1. The molecular weight excluding hydrogens is 474 g/mol. The summed E-state index contributed by atoms with van der Waals surface area (Å²) in [5.74, 6) is -0.669. The number of benzene rings is 2. The average Bonchev–Trinajstić information content (AvgIpc) is 3.64. The van der Waals surface area contributed by atoms with Crippen LogP contribution in [0.3, 0.4) is 0 Å². The van der Waals surface area contributed by atoms with E-state index < -0.39 is 17.7 Å². The number of Topliss-reactive ketones (excluding diaryl/α,β-unsaturated/α-hetero) is 1. The van der Waals surface area contributed by atoms with Gasteiger partial charge < -0.3 is 19.6 Å². The zero-order chi connectivity index (χ0) is 24.8. The first-order valence-electron chi connectivity index (χ1n) is 12.2. The first-order chi connectivity index (χ1) is 17.5. The lowest BCUT2D eigenvalue weighted by Gasteiger charge is -2.34. The molecule has 4 heterocycles. The van der Waals surface area contributed by atoms with Crippen molar-refractivity contribution in [2.24, 2.45) is 0 Å². The van der Waals surface area contributed by atoms with E-state index in [-0.39, 0.29) is 11.3 Å². The number of aliphatic hydroxyl groups is 1. The Kier molecular flexibility index (Phi) is 5.78. The van der Waals surface area contributed by atoms with Crippen LogP contribution >= 0.6 is 11.3 Å². The van der Waals surface area contributed by atoms with E-state index in [1.165, 1.54) is 16.2 Å². The molecular formula is C28H27N3O4S. The summed E-state index contributed by atoms with van der Waals surface area (Å²) in [7, 11) is 2.12. The van der Waals surface area contributed by atoms with E-state index in [0.717, 1.165) is 54.5 Å². The quantitative estimate of drug-likeness (QED) is 0.330. The number of likely N-dealkylation sites (N-methyl/N-ethyl adjacent to an activating group) is 1. The number of carbonyl (C=O) groups is 2. The molecule has 0 spiro atoms. The third-order valence-electron chi connectivity index (χ3n) is 7.22. The largest absolute Gasteiger partial charge is 0.507 e. The lowest BCUT2D eigenvalue weighted by molar-refractivity contribution is -0.132. The smallest absolute Gasteiger partial charge is 0.300 e. The minimum Gasteiger partial charge on any atom is -0.507 e. The van der Waals surface area contributed by atoms with Gasteiger partial charge in [0.2, 0.25) is 0 Å². The molecule has 2 saturated heterocycles. The fourth-order valence-corrected chi connectivity index (χ4v) is 6.02. The maximum atomic E-state index is 13.4. The summed E-state index contributed by atoms with van der Waals surface area (Å²) in [5, 5.41) is 13.3. The predicted molar refractivity (Wildman–Crippen MR) is 141 cm³/mol. The van der Waals surface area contributed by atoms with E-state index >= 15 is 0 Å². The number of piperazine rings is 1. The van der Waals surface area contributed by atoms with Gasteiger partial charge in [0.05, 0.1) is 12.2 Å². The van der Waals surface area contributed by atoms with Gasteiger partial charge in [0.15, 0.2) is 0 Å². The van der Waals surface area contributed by atoms with Gasteiger partial charge in [-0.1, -0.05) is 6.07 Å². The van der Waals surface area contributed by atoms with Crippen molar-refractivity contribution in [1.29, 1.82) is 0 Å². The predicted octanol–water partition coefficient (Wildman–Crippen LogP) is 4.06. The zero-order valence-electron chi connectivity index (χ0n) is 20.0. The Balaban J connectivity index is 1.39. The van der Waals surface area contributed by atoms with Gasteiger partial charge in [0.1, 0.15) is 17.6 Å². The van der Waals surface area contributed by atoms with Crippen LogP contribution < -0.4 is 14.5 Å². The average molecular weight is 502 g/mol. The number of carbonyl (C=O) groups excluding carboxylic acids is 2. The standard InChI is InChI=1S/C28H27N3O4S/c1-29-11-13-30(14-12-29)20-5-7-21(8-6-20)31-25(23-3-2-16-36-23)24(27(33)28(31)34)26(32)19-4-9-22-18(17-19)10-15-35-22/h2-9,16-17,25,32H,10-15H2,1H3/b26-24-. The first-order valence-corrected chi connectivity index (χ1v) is 13.0. The summed E-state index contributed by atoms with van der Waals surface area (Å²) in [6.45, 7) is 4.50. The number of rotatable bonds is 4. The van der Waals surface area contributed by atoms with Crippen molar-refractivity contribution in [3.8, 4) is 5.75 Å². The maximum absolute atomic E-state index is 13.4. The highest BCUT2D eigenvalue weighted by molar-refractivity contribution is 7.10. The molecule has 0 aliphatic carbocycles. The number of fused-ring (bicyclic) bond motifs is 1. The van der Waals surface area contributed by atoms with Crippen molar-refractivity contribution < 1.29 is 19.4 Å². The van der Waals surface area contributed by atoms with Gasteiger partial charge in [-0.05, 0) is 66.5 Å². The molecule has 2 aromatic carbocycles. The third-order valence-corrected chi connectivity index (χ3v) is 8.14. The molecule has 1 amide bonds. The second-order valence-electron chi connectivity index (χ2n) is 9.41. The van der Waals surface area contributed by atoms with Crippen molar-refractivity contribution in [1.82, 2.24) is 4.90 Å². The van der Waals surface area contributed by atoms with Gasteiger partial charge in [-0.15, -0.1) is 11.3 Å². The van der Waals surface area contributed by atoms with Gasteiger partial charge in [0, 0.05) is 54.4 Å². The van der Waals surface area contributed by atoms with Gasteiger partial charge >= 0.3 is 0 Å². The Hall–Kier alpha value is -3.62. The summed E-state index contributed by atoms with van der Waals surface area (Å²) in [6, 6.07) is 16.3. The Morgan fingerprint density at radius 2 is 1.75 bits per heavy atom. The Morgan fingerprint density at radius 3 is 2.47 bits per heavy atom. The van der Waals surface area contributed by atoms with E-state index in [1.54, 1.807) is 6.07 Å². The number of thiophene rings is 1. The third kappa shape index (κ3) is 3.86. The SMILES string of the molecule is CN1CCN(c2ccc(N3C(=O)C(=O)/C(=C(\O)c4ccc5c(c4)CCO5)C3c3cccs3)cc2)CC1. The van der Waals surface area contributed by atoms with Crippen molar-refractivity contribution in [2.75, 3.05) is 49.6 Å². The van der Waals surface area contributed by atoms with Crippen LogP contribution in [0.4, 0.5) is 11.4 Å². The van der Waals surface area contributed by atoms with Gasteiger partial charge in [-0.3, -0.25) is 14.5 Å². The minimum atomic E-state index is -0.691. The lowest BCUT2D eigenvalue weighted by Crippen LogP contribution is -2.44. The van der Waals surface area contributed by atoms with Crippen LogP contribution in [0.15, 0.2) is 65.6 Å². The Morgan fingerprint density at radius 1 is 1.00 bits per heavy atom. The molecule has 3 aliphatic rings. The van der Waals surface area contributed by atoms with Gasteiger partial charge in [0.25, 0.3) is 11.7 Å². The van der Waals surface area contributed by atoms with E-state index in [9.17, 15) is 14.7 Å². The van der Waals surface area contributed by atoms with Crippen LogP contribution in [0.1, 0.15) is 22.0 Å². The molecule has 0 radical (unpaired) electrons. The van der Waals surface area contributed by atoms with E-state index in [1.807, 2.05) is 53.9 Å². The molecule has 1 atom stereocenters. The number of hydrogen-bond donors (Lipinski definition) is 1. The van der Waals surface area contributed by atoms with Crippen LogP contribution in [-0.2, 0) is 16.0 Å². The fourth-order valence-electron chi connectivity index (χ4n) is 5.19. The molecule has 3 aliphatic heterocycles. The molecule has 3 aromatic rings. The van der Waals surface area contributed by atoms with E-state index in [0.29, 0.717) is 17.9 Å². The number of ether oxygens (including phenoxy) is 1. The molecule has 1 aromatic heterocycles. The zero-order valence-corrected chi connectivity index (χ0v) is 20.8. The molecule has 7 nitrogen and oxygen atoms in total. The van der Waals surface area contributed by atoms with Gasteiger partial charge in [-0.25, -0.2) is 0 Å². The van der Waals surface area contributed by atoms with Crippen molar-refractivity contribution >= 4 is 40.2 Å². The molecule has 1 unspecified atom stereocenters. The second kappa shape index (κ2) is 9.11. The van der Waals surface area contributed by atoms with Crippen molar-refractivity contribution in [2.45, 2.75) is 12.5 Å². The minimum absolute atomic E-state index is 0.115. The highest BCUT2D eigenvalue weighted by Crippen LogP contribution is 2.44. The first kappa shape index (κ1) is 22.8. The fraction of sp³-hybridized carbons (Fsp3) is 0.286. The van der Waals surface area contributed by atoms with Crippen LogP contribution in [0.2, 0.25) is 0 Å². The molecule has 8 heteroatoms. The Labute approximate surface area is 213 Å². The highest BCUT2D eigenvalue weighted by Gasteiger charge is 2.47. The van der Waals surface area contributed by atoms with Crippen molar-refractivity contribution in [3.63, 3.8) is 0 Å². The normalized spacial score (nSPS) is 21.6. The molecule has 6 rings (SSSR count). The van der Waals surface area contributed by atoms with E-state index in [2.05, 4.69) is 16.8 Å². The summed E-state index contributed by atoms with van der Waals surface area (Å²) in [4.78, 5) is 33.7. The number of ketones is 1. The lowest BCUT2D eigenvalue weighted by atomic mass is 9.98. The molecule has 2 fully saturated rings. The number of hydrogen-bond acceptors (Lipinski definition) is 7. The van der Waals surface area contributed by atoms with E-state index in [4.69, 9.17) is 4.74 Å². The summed E-state index contributed by atoms with van der Waals surface area (Å²) < 4.78 is 5.58. The number of aliphatic hydroxyl groups excluding tert-OH is 1. The summed E-state index contributed by atoms with van der Waals surface area (Å²) in [5.41, 5.74) is 3.35. The second-order valence-corrected chi connectivity index (χ2v) is 10.4. The summed E-state index contributed by atoms with van der Waals surface area (Å²) in [6.07, 6.45) is 0.749. The number of nitrogens with zero attached hydrogens (tertiary/aromatic N) is 3. The summed E-state index contributed by atoms with van der Waals surface area (Å²) >= 11 is 1.46. The molecule has 1 N–H and O–H groups in total. The van der Waals surface area contributed by atoms with Crippen LogP contribution in [0.25, 0.3) is 5.76 Å². The Bertz CT molecular complexity index is 1340.